The molecule has 0 aliphatic carbocycles. The van der Waals surface area contributed by atoms with Crippen LogP contribution in [-0.2, 0) is 9.59 Å². The number of halogens is 1. The van der Waals surface area contributed by atoms with Gasteiger partial charge in [-0.05, 0) is 24.6 Å². The maximum atomic E-state index is 13.8. The molecule has 5 rings (SSSR count). The van der Waals surface area contributed by atoms with Crippen LogP contribution in [0.1, 0.15) is 29.7 Å². The molecule has 0 bridgehead atoms. The molecule has 1 N–H and O–H groups in total. The molecule has 7 nitrogen and oxygen atoms in total. The molecule has 1 aromatic heterocycles. The number of ether oxygens (including phenoxy) is 1. The Morgan fingerprint density at radius 1 is 1.08 bits per heavy atom. The van der Waals surface area contributed by atoms with Gasteiger partial charge in [0.2, 0.25) is 11.8 Å². The van der Waals surface area contributed by atoms with E-state index >= 15 is 0 Å². The highest BCUT2D eigenvalue weighted by atomic mass is 35.5. The molecule has 0 spiro atoms. The molecular formula is C30H29ClN4O3S. The highest BCUT2D eigenvalue weighted by molar-refractivity contribution is 8.00. The molecule has 1 atom stereocenters. The van der Waals surface area contributed by atoms with Crippen molar-refractivity contribution in [3.8, 4) is 22.7 Å². The van der Waals surface area contributed by atoms with E-state index in [2.05, 4.69) is 5.32 Å². The topological polar surface area (TPSA) is 76.5 Å². The van der Waals surface area contributed by atoms with Gasteiger partial charge in [0.1, 0.15) is 18.1 Å². The number of methoxy groups -OCH3 is 1. The molecule has 1 aliphatic rings. The van der Waals surface area contributed by atoms with E-state index in [9.17, 15) is 9.59 Å². The van der Waals surface area contributed by atoms with Crippen molar-refractivity contribution in [2.45, 2.75) is 18.6 Å². The molecule has 0 saturated heterocycles. The van der Waals surface area contributed by atoms with E-state index in [1.54, 1.807) is 22.8 Å². The van der Waals surface area contributed by atoms with Crippen LogP contribution in [0, 0.1) is 0 Å². The van der Waals surface area contributed by atoms with Gasteiger partial charge in [0.05, 0.1) is 34.5 Å². The van der Waals surface area contributed by atoms with E-state index in [-0.39, 0.29) is 29.4 Å². The predicted molar refractivity (Wildman–Crippen MR) is 157 cm³/mol. The van der Waals surface area contributed by atoms with Crippen molar-refractivity contribution >= 4 is 41.0 Å². The Kier molecular flexibility index (Phi) is 8.24. The van der Waals surface area contributed by atoms with Crippen LogP contribution in [0.15, 0.2) is 78.9 Å². The third-order valence-corrected chi connectivity index (χ3v) is 8.07. The Balaban J connectivity index is 1.82. The summed E-state index contributed by atoms with van der Waals surface area (Å²) in [5.41, 5.74) is 3.97. The molecule has 200 valence electrons. The molecule has 0 radical (unpaired) electrons. The summed E-state index contributed by atoms with van der Waals surface area (Å²) in [6.45, 7) is 2.39. The highest BCUT2D eigenvalue weighted by Crippen LogP contribution is 2.50. The van der Waals surface area contributed by atoms with Crippen LogP contribution in [0.4, 0.5) is 5.82 Å². The number of nitrogens with one attached hydrogen (secondary N) is 1. The summed E-state index contributed by atoms with van der Waals surface area (Å²) in [6.07, 6.45) is 0.798. The fraction of sp³-hybridized carbons (Fsp3) is 0.233. The lowest BCUT2D eigenvalue weighted by atomic mass is 9.99. The quantitative estimate of drug-likeness (QED) is 0.290. The first kappa shape index (κ1) is 26.8. The van der Waals surface area contributed by atoms with Crippen molar-refractivity contribution in [3.05, 3.63) is 95.0 Å². The Morgan fingerprint density at radius 2 is 1.79 bits per heavy atom. The summed E-state index contributed by atoms with van der Waals surface area (Å²) in [6, 6.07) is 25.0. The van der Waals surface area contributed by atoms with Crippen molar-refractivity contribution < 1.29 is 14.3 Å². The number of carbonyl (C=O) groups excluding carboxylic acids is 2. The molecule has 39 heavy (non-hydrogen) atoms. The minimum Gasteiger partial charge on any atom is -0.496 e. The smallest absolute Gasteiger partial charge is 0.240 e. The number of benzene rings is 3. The number of fused-ring (bicyclic) bond motifs is 1. The first-order valence-corrected chi connectivity index (χ1v) is 14.2. The standard InChI is InChI=1S/C30H29ClN4O3S/c1-3-17-32-25(36)18-34-26(37)19-39-29(21-13-7-10-16-24(21)38-2)27-28(20-11-5-4-6-12-20)33-35(30(27)34)23-15-9-8-14-22(23)31/h4-16,29H,3,17-19H2,1-2H3,(H,32,36)/t29-/m1/s1. The van der Waals surface area contributed by atoms with E-state index in [1.807, 2.05) is 79.7 Å². The van der Waals surface area contributed by atoms with Gasteiger partial charge >= 0.3 is 0 Å². The Morgan fingerprint density at radius 3 is 2.54 bits per heavy atom. The Bertz CT molecular complexity index is 1490. The van der Waals surface area contributed by atoms with Gasteiger partial charge in [0, 0.05) is 23.2 Å². The maximum Gasteiger partial charge on any atom is 0.240 e. The number of aromatic nitrogens is 2. The monoisotopic (exact) mass is 560 g/mol. The summed E-state index contributed by atoms with van der Waals surface area (Å²) < 4.78 is 7.46. The van der Waals surface area contributed by atoms with Crippen molar-refractivity contribution in [2.24, 2.45) is 0 Å². The summed E-state index contributed by atoms with van der Waals surface area (Å²) in [5.74, 6) is 1.00. The molecule has 1 aliphatic heterocycles. The van der Waals surface area contributed by atoms with Gasteiger partial charge in [-0.3, -0.25) is 14.5 Å². The normalized spacial score (nSPS) is 15.0. The van der Waals surface area contributed by atoms with Gasteiger partial charge in [0.15, 0.2) is 0 Å². The highest BCUT2D eigenvalue weighted by Gasteiger charge is 2.38. The van der Waals surface area contributed by atoms with Gasteiger partial charge < -0.3 is 10.1 Å². The number of anilines is 1. The van der Waals surface area contributed by atoms with Crippen LogP contribution in [0.25, 0.3) is 16.9 Å². The number of rotatable bonds is 8. The third-order valence-electron chi connectivity index (χ3n) is 6.51. The second-order valence-corrected chi connectivity index (χ2v) is 10.6. The summed E-state index contributed by atoms with van der Waals surface area (Å²) in [7, 11) is 1.64. The average Bonchev–Trinajstić information content (AvgIpc) is 3.29. The van der Waals surface area contributed by atoms with Gasteiger partial charge in [-0.2, -0.15) is 5.10 Å². The largest absolute Gasteiger partial charge is 0.496 e. The fourth-order valence-corrected chi connectivity index (χ4v) is 6.15. The van der Waals surface area contributed by atoms with Crippen LogP contribution >= 0.6 is 23.4 Å². The van der Waals surface area contributed by atoms with Crippen molar-refractivity contribution in [1.82, 2.24) is 15.1 Å². The van der Waals surface area contributed by atoms with Gasteiger partial charge in [0.25, 0.3) is 0 Å². The molecular weight excluding hydrogens is 532 g/mol. The summed E-state index contributed by atoms with van der Waals surface area (Å²) in [4.78, 5) is 28.3. The SMILES string of the molecule is CCCNC(=O)CN1C(=O)CS[C@H](c2ccccc2OC)c2c(-c3ccccc3)nn(-c3ccccc3Cl)c21. The lowest BCUT2D eigenvalue weighted by Gasteiger charge is -2.23. The number of hydrogen-bond donors (Lipinski definition) is 1. The maximum absolute atomic E-state index is 13.8. The first-order chi connectivity index (χ1) is 19.0. The van der Waals surface area contributed by atoms with Gasteiger partial charge in [-0.25, -0.2) is 4.68 Å². The number of nitrogens with zero attached hydrogens (tertiary/aromatic N) is 3. The molecule has 0 saturated carbocycles. The summed E-state index contributed by atoms with van der Waals surface area (Å²) >= 11 is 8.19. The molecule has 0 unspecified atom stereocenters. The number of carbonyl (C=O) groups is 2. The van der Waals surface area contributed by atoms with Crippen LogP contribution in [0.3, 0.4) is 0 Å². The lowest BCUT2D eigenvalue weighted by Crippen LogP contribution is -2.42. The second-order valence-electron chi connectivity index (χ2n) is 9.08. The average molecular weight is 561 g/mol. The predicted octanol–water partition coefficient (Wildman–Crippen LogP) is 5.90. The van der Waals surface area contributed by atoms with E-state index in [1.165, 1.54) is 11.8 Å². The minimum atomic E-state index is -0.296. The number of thioether (sulfide) groups is 1. The number of amides is 2. The Labute approximate surface area is 237 Å². The zero-order chi connectivity index (χ0) is 27.4. The lowest BCUT2D eigenvalue weighted by molar-refractivity contribution is -0.122. The minimum absolute atomic E-state index is 0.130. The van der Waals surface area contributed by atoms with Crippen molar-refractivity contribution in [3.63, 3.8) is 0 Å². The fourth-order valence-electron chi connectivity index (χ4n) is 4.71. The van der Waals surface area contributed by atoms with Crippen LogP contribution in [0.5, 0.6) is 5.75 Å². The molecule has 3 aromatic carbocycles. The van der Waals surface area contributed by atoms with E-state index in [0.717, 1.165) is 23.1 Å². The molecule has 2 heterocycles. The first-order valence-electron chi connectivity index (χ1n) is 12.8. The van der Waals surface area contributed by atoms with Crippen LogP contribution in [0.2, 0.25) is 5.02 Å². The molecule has 0 fully saturated rings. The van der Waals surface area contributed by atoms with Gasteiger partial charge in [-0.15, -0.1) is 11.8 Å². The zero-order valence-corrected chi connectivity index (χ0v) is 23.3. The third kappa shape index (κ3) is 5.40. The molecule has 4 aromatic rings. The molecule has 9 heteroatoms. The Hall–Kier alpha value is -3.75. The van der Waals surface area contributed by atoms with Crippen molar-refractivity contribution in [2.75, 3.05) is 30.9 Å². The van der Waals surface area contributed by atoms with Gasteiger partial charge in [-0.1, -0.05) is 79.2 Å². The zero-order valence-electron chi connectivity index (χ0n) is 21.8. The van der Waals surface area contributed by atoms with E-state index in [0.29, 0.717) is 34.5 Å². The summed E-state index contributed by atoms with van der Waals surface area (Å²) in [5, 5.41) is 8.17. The van der Waals surface area contributed by atoms with E-state index < -0.39 is 0 Å². The number of para-hydroxylation sites is 2. The van der Waals surface area contributed by atoms with E-state index in [4.69, 9.17) is 21.4 Å². The number of hydrogen-bond acceptors (Lipinski definition) is 5. The second kappa shape index (κ2) is 12.0. The van der Waals surface area contributed by atoms with Crippen LogP contribution in [-0.4, -0.2) is 47.5 Å². The van der Waals surface area contributed by atoms with Crippen LogP contribution < -0.4 is 15.0 Å². The van der Waals surface area contributed by atoms with Crippen molar-refractivity contribution in [1.29, 1.82) is 0 Å². The molecule has 2 amide bonds.